The third-order valence-corrected chi connectivity index (χ3v) is 6.99. The number of piperazine rings is 2. The average Bonchev–Trinajstić information content (AvgIpc) is 3.24. The van der Waals surface area contributed by atoms with Crippen molar-refractivity contribution in [2.45, 2.75) is 45.6 Å². The van der Waals surface area contributed by atoms with Crippen molar-refractivity contribution in [3.63, 3.8) is 0 Å². The SMILES string of the molecule is Cc1cccc(C)c1N1CCN(CC(=O)N2CCN(C3CCCC3)CC2)CC1. The second kappa shape index (κ2) is 8.83. The third kappa shape index (κ3) is 4.36. The number of hydrogen-bond acceptors (Lipinski definition) is 4. The summed E-state index contributed by atoms with van der Waals surface area (Å²) in [5, 5.41) is 0. The highest BCUT2D eigenvalue weighted by Gasteiger charge is 2.29. The minimum atomic E-state index is 0.326. The van der Waals surface area contributed by atoms with Crippen LogP contribution in [0.3, 0.4) is 0 Å². The Bertz CT molecular complexity index is 649. The fourth-order valence-corrected chi connectivity index (χ4v) is 5.33. The zero-order valence-electron chi connectivity index (χ0n) is 17.7. The van der Waals surface area contributed by atoms with Crippen LogP contribution in [-0.2, 0) is 4.79 Å². The lowest BCUT2D eigenvalue weighted by Gasteiger charge is -2.40. The van der Waals surface area contributed by atoms with Gasteiger partial charge in [-0.1, -0.05) is 31.0 Å². The zero-order valence-corrected chi connectivity index (χ0v) is 17.7. The van der Waals surface area contributed by atoms with Crippen LogP contribution in [0.2, 0.25) is 0 Å². The largest absolute Gasteiger partial charge is 0.369 e. The van der Waals surface area contributed by atoms with Crippen molar-refractivity contribution in [3.8, 4) is 0 Å². The molecule has 2 aliphatic heterocycles. The van der Waals surface area contributed by atoms with Crippen LogP contribution >= 0.6 is 0 Å². The summed E-state index contributed by atoms with van der Waals surface area (Å²) in [6, 6.07) is 7.32. The predicted molar refractivity (Wildman–Crippen MR) is 115 cm³/mol. The van der Waals surface area contributed by atoms with Gasteiger partial charge in [0, 0.05) is 64.1 Å². The molecule has 2 heterocycles. The molecule has 4 rings (SSSR count). The van der Waals surface area contributed by atoms with E-state index in [-0.39, 0.29) is 0 Å². The third-order valence-electron chi connectivity index (χ3n) is 6.99. The van der Waals surface area contributed by atoms with Crippen molar-refractivity contribution in [1.82, 2.24) is 14.7 Å². The van der Waals surface area contributed by atoms with E-state index in [2.05, 4.69) is 51.6 Å². The first-order chi connectivity index (χ1) is 13.6. The summed E-state index contributed by atoms with van der Waals surface area (Å²) >= 11 is 0. The highest BCUT2D eigenvalue weighted by Crippen LogP contribution is 2.26. The lowest BCUT2D eigenvalue weighted by atomic mass is 10.1. The second-order valence-corrected chi connectivity index (χ2v) is 8.86. The second-order valence-electron chi connectivity index (χ2n) is 8.86. The van der Waals surface area contributed by atoms with Gasteiger partial charge in [0.25, 0.3) is 0 Å². The molecule has 0 spiro atoms. The number of hydrogen-bond donors (Lipinski definition) is 0. The summed E-state index contributed by atoms with van der Waals surface area (Å²) in [6.07, 6.45) is 5.49. The van der Waals surface area contributed by atoms with Crippen molar-refractivity contribution in [2.75, 3.05) is 63.8 Å². The number of aryl methyl sites for hydroxylation is 2. The summed E-state index contributed by atoms with van der Waals surface area (Å²) in [4.78, 5) is 22.4. The van der Waals surface area contributed by atoms with E-state index in [1.165, 1.54) is 42.5 Å². The molecule has 1 saturated carbocycles. The molecule has 3 aliphatic rings. The van der Waals surface area contributed by atoms with Gasteiger partial charge in [-0.2, -0.15) is 0 Å². The Morgan fingerprint density at radius 3 is 2.11 bits per heavy atom. The summed E-state index contributed by atoms with van der Waals surface area (Å²) in [5.74, 6) is 0.326. The maximum atomic E-state index is 12.8. The maximum Gasteiger partial charge on any atom is 0.236 e. The van der Waals surface area contributed by atoms with Gasteiger partial charge in [0.05, 0.1) is 6.54 Å². The minimum Gasteiger partial charge on any atom is -0.369 e. The van der Waals surface area contributed by atoms with Gasteiger partial charge in [0.1, 0.15) is 0 Å². The fourth-order valence-electron chi connectivity index (χ4n) is 5.33. The summed E-state index contributed by atoms with van der Waals surface area (Å²) in [7, 11) is 0. The molecule has 1 aliphatic carbocycles. The predicted octanol–water partition coefficient (Wildman–Crippen LogP) is 2.51. The maximum absolute atomic E-state index is 12.8. The van der Waals surface area contributed by atoms with Gasteiger partial charge >= 0.3 is 0 Å². The highest BCUT2D eigenvalue weighted by molar-refractivity contribution is 5.78. The van der Waals surface area contributed by atoms with Crippen LogP contribution in [0.15, 0.2) is 18.2 Å². The number of para-hydroxylation sites is 1. The van der Waals surface area contributed by atoms with E-state index in [1.807, 2.05) is 0 Å². The fraction of sp³-hybridized carbons (Fsp3) is 0.696. The molecule has 0 N–H and O–H groups in total. The van der Waals surface area contributed by atoms with Crippen molar-refractivity contribution in [3.05, 3.63) is 29.3 Å². The summed E-state index contributed by atoms with van der Waals surface area (Å²) in [6.45, 7) is 12.9. The Morgan fingerprint density at radius 1 is 0.893 bits per heavy atom. The van der Waals surface area contributed by atoms with E-state index in [4.69, 9.17) is 0 Å². The van der Waals surface area contributed by atoms with Crippen LogP contribution in [-0.4, -0.2) is 85.6 Å². The zero-order chi connectivity index (χ0) is 19.5. The minimum absolute atomic E-state index is 0.326. The van der Waals surface area contributed by atoms with E-state index in [0.29, 0.717) is 12.5 Å². The molecule has 2 saturated heterocycles. The summed E-state index contributed by atoms with van der Waals surface area (Å²) in [5.41, 5.74) is 4.09. The van der Waals surface area contributed by atoms with E-state index in [9.17, 15) is 4.79 Å². The molecule has 28 heavy (non-hydrogen) atoms. The van der Waals surface area contributed by atoms with Crippen molar-refractivity contribution >= 4 is 11.6 Å². The van der Waals surface area contributed by atoms with Crippen molar-refractivity contribution in [2.24, 2.45) is 0 Å². The molecule has 3 fully saturated rings. The van der Waals surface area contributed by atoms with E-state index < -0.39 is 0 Å². The van der Waals surface area contributed by atoms with Crippen LogP contribution in [0.5, 0.6) is 0 Å². The Kier molecular flexibility index (Phi) is 6.22. The first-order valence-electron chi connectivity index (χ1n) is 11.2. The standard InChI is InChI=1S/C23H36N4O/c1-19-6-5-7-20(2)23(19)27-12-10-24(11-13-27)18-22(28)26-16-14-25(15-17-26)21-8-3-4-9-21/h5-7,21H,3-4,8-18H2,1-2H3. The molecule has 154 valence electrons. The van der Waals surface area contributed by atoms with Gasteiger partial charge in [0.15, 0.2) is 0 Å². The summed E-state index contributed by atoms with van der Waals surface area (Å²) < 4.78 is 0. The normalized spacial score (nSPS) is 22.8. The molecule has 0 aromatic heterocycles. The quantitative estimate of drug-likeness (QED) is 0.798. The molecule has 1 amide bonds. The Hall–Kier alpha value is -1.59. The molecular weight excluding hydrogens is 348 g/mol. The molecule has 0 unspecified atom stereocenters. The van der Waals surface area contributed by atoms with Gasteiger partial charge in [-0.3, -0.25) is 14.6 Å². The molecule has 5 heteroatoms. The lowest BCUT2D eigenvalue weighted by Crippen LogP contribution is -2.55. The van der Waals surface area contributed by atoms with Crippen LogP contribution in [0.1, 0.15) is 36.8 Å². The smallest absolute Gasteiger partial charge is 0.236 e. The van der Waals surface area contributed by atoms with Crippen molar-refractivity contribution in [1.29, 1.82) is 0 Å². The Balaban J connectivity index is 1.23. The average molecular weight is 385 g/mol. The molecular formula is C23H36N4O. The first kappa shape index (κ1) is 19.7. The Morgan fingerprint density at radius 2 is 1.50 bits per heavy atom. The number of anilines is 1. The molecule has 0 radical (unpaired) electrons. The van der Waals surface area contributed by atoms with E-state index in [1.54, 1.807) is 0 Å². The van der Waals surface area contributed by atoms with Gasteiger partial charge in [-0.05, 0) is 37.8 Å². The number of amides is 1. The van der Waals surface area contributed by atoms with Gasteiger partial charge in [-0.15, -0.1) is 0 Å². The van der Waals surface area contributed by atoms with Crippen LogP contribution in [0.25, 0.3) is 0 Å². The van der Waals surface area contributed by atoms with E-state index >= 15 is 0 Å². The number of benzene rings is 1. The molecule has 0 atom stereocenters. The first-order valence-corrected chi connectivity index (χ1v) is 11.2. The number of carbonyl (C=O) groups excluding carboxylic acids is 1. The molecule has 0 bridgehead atoms. The Labute approximate surface area is 170 Å². The van der Waals surface area contributed by atoms with Gasteiger partial charge < -0.3 is 9.80 Å². The lowest BCUT2D eigenvalue weighted by molar-refractivity contribution is -0.134. The highest BCUT2D eigenvalue weighted by atomic mass is 16.2. The number of rotatable bonds is 4. The molecule has 5 nitrogen and oxygen atoms in total. The monoisotopic (exact) mass is 384 g/mol. The molecule has 1 aromatic rings. The van der Waals surface area contributed by atoms with Crippen LogP contribution in [0, 0.1) is 13.8 Å². The van der Waals surface area contributed by atoms with Gasteiger partial charge in [-0.25, -0.2) is 0 Å². The number of carbonyl (C=O) groups is 1. The van der Waals surface area contributed by atoms with Gasteiger partial charge in [0.2, 0.25) is 5.91 Å². The van der Waals surface area contributed by atoms with Crippen LogP contribution < -0.4 is 4.90 Å². The van der Waals surface area contributed by atoms with Crippen LogP contribution in [0.4, 0.5) is 5.69 Å². The van der Waals surface area contributed by atoms with Crippen molar-refractivity contribution < 1.29 is 4.79 Å². The molecule has 1 aromatic carbocycles. The van der Waals surface area contributed by atoms with E-state index in [0.717, 1.165) is 58.4 Å². The topological polar surface area (TPSA) is 30.0 Å². The number of nitrogens with zero attached hydrogens (tertiary/aromatic N) is 4.